The van der Waals surface area contributed by atoms with E-state index >= 15 is 0 Å². The molecule has 1 aliphatic heterocycles. The Labute approximate surface area is 124 Å². The standard InChI is InChI=1S/C16H20ClNO2/c17-12-5-6-14-11(9-12)4-7-15(14)18-8-2-1-3-13(18)10-16(19)20/h5-6,9,13,15H,1-4,7-8,10H2,(H,19,20). The smallest absolute Gasteiger partial charge is 0.304 e. The van der Waals surface area contributed by atoms with Gasteiger partial charge >= 0.3 is 5.97 Å². The van der Waals surface area contributed by atoms with Crippen molar-refractivity contribution in [3.05, 3.63) is 34.3 Å². The molecule has 2 aliphatic rings. The molecule has 0 bridgehead atoms. The normalized spacial score (nSPS) is 26.4. The van der Waals surface area contributed by atoms with Crippen molar-refractivity contribution in [1.82, 2.24) is 4.90 Å². The van der Waals surface area contributed by atoms with Crippen LogP contribution in [-0.4, -0.2) is 28.6 Å². The van der Waals surface area contributed by atoms with Crippen LogP contribution in [0, 0.1) is 0 Å². The Kier molecular flexibility index (Phi) is 3.99. The largest absolute Gasteiger partial charge is 0.481 e. The monoisotopic (exact) mass is 293 g/mol. The van der Waals surface area contributed by atoms with E-state index in [1.807, 2.05) is 6.07 Å². The van der Waals surface area contributed by atoms with Crippen LogP contribution >= 0.6 is 11.6 Å². The lowest BCUT2D eigenvalue weighted by Gasteiger charge is -2.39. The van der Waals surface area contributed by atoms with Crippen molar-refractivity contribution in [1.29, 1.82) is 0 Å². The number of halogens is 1. The molecule has 2 unspecified atom stereocenters. The number of likely N-dealkylation sites (tertiary alicyclic amines) is 1. The summed E-state index contributed by atoms with van der Waals surface area (Å²) >= 11 is 6.06. The molecule has 0 amide bonds. The number of aryl methyl sites for hydroxylation is 1. The number of fused-ring (bicyclic) bond motifs is 1. The average Bonchev–Trinajstić information content (AvgIpc) is 2.81. The second kappa shape index (κ2) is 5.74. The molecular formula is C16H20ClNO2. The predicted octanol–water partition coefficient (Wildman–Crippen LogP) is 3.66. The summed E-state index contributed by atoms with van der Waals surface area (Å²) in [6.45, 7) is 1.02. The Hall–Kier alpha value is -1.06. The summed E-state index contributed by atoms with van der Waals surface area (Å²) in [5.74, 6) is -0.684. The van der Waals surface area contributed by atoms with Crippen LogP contribution in [0.4, 0.5) is 0 Å². The Morgan fingerprint density at radius 3 is 3.00 bits per heavy atom. The van der Waals surface area contributed by atoms with Gasteiger partial charge in [0.05, 0.1) is 6.42 Å². The van der Waals surface area contributed by atoms with Crippen LogP contribution in [0.5, 0.6) is 0 Å². The maximum Gasteiger partial charge on any atom is 0.304 e. The first-order valence-electron chi connectivity index (χ1n) is 7.41. The second-order valence-corrected chi connectivity index (χ2v) is 6.32. The molecule has 0 radical (unpaired) electrons. The molecular weight excluding hydrogens is 274 g/mol. The molecule has 1 aromatic rings. The van der Waals surface area contributed by atoms with Gasteiger partial charge in [0.2, 0.25) is 0 Å². The van der Waals surface area contributed by atoms with E-state index in [-0.39, 0.29) is 12.5 Å². The minimum absolute atomic E-state index is 0.188. The van der Waals surface area contributed by atoms with E-state index in [1.165, 1.54) is 17.5 Å². The molecule has 108 valence electrons. The number of hydrogen-bond donors (Lipinski definition) is 1. The number of rotatable bonds is 3. The van der Waals surface area contributed by atoms with Gasteiger partial charge in [0.25, 0.3) is 0 Å². The van der Waals surface area contributed by atoms with Crippen LogP contribution in [0.15, 0.2) is 18.2 Å². The second-order valence-electron chi connectivity index (χ2n) is 5.88. The highest BCUT2D eigenvalue weighted by atomic mass is 35.5. The number of hydrogen-bond acceptors (Lipinski definition) is 2. The van der Waals surface area contributed by atoms with Gasteiger partial charge in [-0.3, -0.25) is 9.69 Å². The minimum atomic E-state index is -0.684. The van der Waals surface area contributed by atoms with Gasteiger partial charge in [-0.15, -0.1) is 0 Å². The van der Waals surface area contributed by atoms with Crippen molar-refractivity contribution < 1.29 is 9.90 Å². The predicted molar refractivity (Wildman–Crippen MR) is 79.1 cm³/mol. The van der Waals surface area contributed by atoms with Crippen LogP contribution in [0.25, 0.3) is 0 Å². The third-order valence-electron chi connectivity index (χ3n) is 4.63. The van der Waals surface area contributed by atoms with Crippen molar-refractivity contribution in [2.45, 2.75) is 50.6 Å². The first-order valence-corrected chi connectivity index (χ1v) is 7.79. The molecule has 0 saturated carbocycles. The number of benzene rings is 1. The van der Waals surface area contributed by atoms with Crippen LogP contribution < -0.4 is 0 Å². The van der Waals surface area contributed by atoms with Crippen molar-refractivity contribution in [3.63, 3.8) is 0 Å². The number of carbonyl (C=O) groups is 1. The highest BCUT2D eigenvalue weighted by Gasteiger charge is 2.34. The quantitative estimate of drug-likeness (QED) is 0.924. The fraction of sp³-hybridized carbons (Fsp3) is 0.562. The van der Waals surface area contributed by atoms with Gasteiger partial charge < -0.3 is 5.11 Å². The van der Waals surface area contributed by atoms with Crippen LogP contribution in [0.3, 0.4) is 0 Å². The van der Waals surface area contributed by atoms with Crippen molar-refractivity contribution >= 4 is 17.6 Å². The summed E-state index contributed by atoms with van der Waals surface area (Å²) in [5, 5.41) is 9.91. The highest BCUT2D eigenvalue weighted by Crippen LogP contribution is 2.40. The molecule has 1 heterocycles. The van der Waals surface area contributed by atoms with Crippen LogP contribution in [0.2, 0.25) is 5.02 Å². The Balaban J connectivity index is 1.83. The maximum absolute atomic E-state index is 11.1. The summed E-state index contributed by atoms with van der Waals surface area (Å²) in [4.78, 5) is 13.5. The van der Waals surface area contributed by atoms with Crippen molar-refractivity contribution in [2.75, 3.05) is 6.54 Å². The van der Waals surface area contributed by atoms with E-state index < -0.39 is 5.97 Å². The first kappa shape index (κ1) is 13.9. The van der Waals surface area contributed by atoms with Gasteiger partial charge in [0, 0.05) is 17.1 Å². The lowest BCUT2D eigenvalue weighted by atomic mass is 9.95. The summed E-state index contributed by atoms with van der Waals surface area (Å²) in [6, 6.07) is 6.71. The summed E-state index contributed by atoms with van der Waals surface area (Å²) in [5.41, 5.74) is 2.69. The average molecular weight is 294 g/mol. The van der Waals surface area contributed by atoms with E-state index in [2.05, 4.69) is 17.0 Å². The number of piperidine rings is 1. The maximum atomic E-state index is 11.1. The van der Waals surface area contributed by atoms with Gasteiger partial charge in [0.1, 0.15) is 0 Å². The van der Waals surface area contributed by atoms with Gasteiger partial charge in [-0.2, -0.15) is 0 Å². The first-order chi connectivity index (χ1) is 9.65. The SMILES string of the molecule is O=C(O)CC1CCCCN1C1CCc2cc(Cl)ccc21. The molecule has 1 aliphatic carbocycles. The third kappa shape index (κ3) is 2.70. The molecule has 1 fully saturated rings. The zero-order valence-corrected chi connectivity index (χ0v) is 12.3. The minimum Gasteiger partial charge on any atom is -0.481 e. The molecule has 3 nitrogen and oxygen atoms in total. The number of carboxylic acids is 1. The number of aliphatic carboxylic acids is 1. The highest BCUT2D eigenvalue weighted by molar-refractivity contribution is 6.30. The van der Waals surface area contributed by atoms with E-state index in [4.69, 9.17) is 16.7 Å². The number of nitrogens with zero attached hydrogens (tertiary/aromatic N) is 1. The van der Waals surface area contributed by atoms with Crippen LogP contribution in [0.1, 0.15) is 49.3 Å². The molecule has 3 rings (SSSR count). The van der Waals surface area contributed by atoms with E-state index in [0.717, 1.165) is 37.3 Å². The van der Waals surface area contributed by atoms with Crippen molar-refractivity contribution in [3.8, 4) is 0 Å². The molecule has 1 N–H and O–H groups in total. The van der Waals surface area contributed by atoms with E-state index in [1.54, 1.807) is 0 Å². The van der Waals surface area contributed by atoms with Crippen molar-refractivity contribution in [2.24, 2.45) is 0 Å². The van der Waals surface area contributed by atoms with Gasteiger partial charge in [-0.05, 0) is 55.5 Å². The molecule has 20 heavy (non-hydrogen) atoms. The molecule has 0 aromatic heterocycles. The van der Waals surface area contributed by atoms with E-state index in [0.29, 0.717) is 6.04 Å². The zero-order valence-electron chi connectivity index (χ0n) is 11.5. The molecule has 1 aromatic carbocycles. The van der Waals surface area contributed by atoms with E-state index in [9.17, 15) is 4.79 Å². The summed E-state index contributed by atoms with van der Waals surface area (Å²) < 4.78 is 0. The fourth-order valence-corrected chi connectivity index (χ4v) is 3.96. The Morgan fingerprint density at radius 1 is 1.35 bits per heavy atom. The van der Waals surface area contributed by atoms with Gasteiger partial charge in [-0.25, -0.2) is 0 Å². The topological polar surface area (TPSA) is 40.5 Å². The summed E-state index contributed by atoms with van der Waals surface area (Å²) in [7, 11) is 0. The fourth-order valence-electron chi connectivity index (χ4n) is 3.76. The molecule has 4 heteroatoms. The lowest BCUT2D eigenvalue weighted by molar-refractivity contribution is -0.139. The molecule has 2 atom stereocenters. The third-order valence-corrected chi connectivity index (χ3v) is 4.87. The molecule has 0 spiro atoms. The Bertz CT molecular complexity index is 517. The van der Waals surface area contributed by atoms with Gasteiger partial charge in [0.15, 0.2) is 0 Å². The zero-order chi connectivity index (χ0) is 14.1. The van der Waals surface area contributed by atoms with Crippen LogP contribution in [-0.2, 0) is 11.2 Å². The Morgan fingerprint density at radius 2 is 2.20 bits per heavy atom. The van der Waals surface area contributed by atoms with Gasteiger partial charge in [-0.1, -0.05) is 24.1 Å². The number of carboxylic acid groups (broad SMARTS) is 1. The lowest BCUT2D eigenvalue weighted by Crippen LogP contribution is -2.42. The summed E-state index contributed by atoms with van der Waals surface area (Å²) in [6.07, 6.45) is 5.73. The molecule has 1 saturated heterocycles.